The van der Waals surface area contributed by atoms with Gasteiger partial charge in [0.25, 0.3) is 0 Å². The van der Waals surface area contributed by atoms with Gasteiger partial charge < -0.3 is 14.2 Å². The Bertz CT molecular complexity index is 1300. The lowest BCUT2D eigenvalue weighted by atomic mass is 10.2. The molecule has 0 unspecified atom stereocenters. The molecule has 0 radical (unpaired) electrons. The smallest absolute Gasteiger partial charge is 0.338 e. The third kappa shape index (κ3) is 4.39. The number of ether oxygens (including phenoxy) is 3. The zero-order valence-corrected chi connectivity index (χ0v) is 20.3. The molecule has 4 bridgehead atoms. The number of imidazole rings is 1. The Morgan fingerprint density at radius 2 is 2.16 bits per heavy atom. The quantitative estimate of drug-likeness (QED) is 0.410. The summed E-state index contributed by atoms with van der Waals surface area (Å²) in [4.78, 5) is 22.1. The van der Waals surface area contributed by atoms with Crippen molar-refractivity contribution in [2.45, 2.75) is 51.9 Å². The summed E-state index contributed by atoms with van der Waals surface area (Å²) in [5, 5.41) is 0.396. The molecule has 4 aromatic rings. The van der Waals surface area contributed by atoms with Crippen molar-refractivity contribution in [2.24, 2.45) is 4.99 Å². The monoisotopic (exact) mass is 480 g/mol. The van der Waals surface area contributed by atoms with E-state index in [4.69, 9.17) is 25.8 Å². The maximum absolute atomic E-state index is 14.9. The van der Waals surface area contributed by atoms with Gasteiger partial charge in [-0.15, -0.1) is 0 Å². The van der Waals surface area contributed by atoms with Crippen molar-refractivity contribution in [1.29, 1.82) is 0 Å². The molecule has 172 valence electrons. The number of fused-ring (bicyclic) bond motifs is 1. The second-order valence-corrected chi connectivity index (χ2v) is 15.0. The van der Waals surface area contributed by atoms with E-state index in [1.807, 2.05) is 6.92 Å². The number of halogens is 2. The Hall–Kier alpha value is -2.43. The maximum atomic E-state index is 14.9. The van der Waals surface area contributed by atoms with E-state index in [0.717, 1.165) is 6.04 Å². The average molecular weight is 481 g/mol. The molecule has 0 spiro atoms. The number of hydrogen-bond acceptors (Lipinski definition) is 6. The standard InChI is InChI=1S/C21H26ClFN4O4Si/c1-13-5-7-29-8-6-24-19-17-14-11-15(23)18(25-20(31-13)16(14)22)27(17)21(28)26(19)12-30-9-10-32(2,3)4/h6,8,11,13H,5,7,9-10,12H2,1-4H3/t13-/m1/s1. The molecule has 0 saturated carbocycles. The largest absolute Gasteiger partial charge is 0.499 e. The minimum absolute atomic E-state index is 0.0270. The Labute approximate surface area is 190 Å². The third-order valence-electron chi connectivity index (χ3n) is 5.22. The third-order valence-corrected chi connectivity index (χ3v) is 7.29. The first-order valence-corrected chi connectivity index (χ1v) is 14.6. The van der Waals surface area contributed by atoms with Gasteiger partial charge >= 0.3 is 5.69 Å². The van der Waals surface area contributed by atoms with E-state index in [-0.39, 0.29) is 40.3 Å². The van der Waals surface area contributed by atoms with E-state index in [2.05, 4.69) is 29.6 Å². The topological polar surface area (TPSA) is 79.4 Å². The van der Waals surface area contributed by atoms with Crippen molar-refractivity contribution >= 4 is 36.2 Å². The van der Waals surface area contributed by atoms with Crippen LogP contribution in [0.4, 0.5) is 4.39 Å². The minimum atomic E-state index is -1.30. The van der Waals surface area contributed by atoms with Crippen molar-refractivity contribution in [2.75, 3.05) is 13.2 Å². The van der Waals surface area contributed by atoms with Crippen molar-refractivity contribution < 1.29 is 18.6 Å². The van der Waals surface area contributed by atoms with Crippen LogP contribution in [-0.4, -0.2) is 41.3 Å². The van der Waals surface area contributed by atoms with E-state index in [0.29, 0.717) is 25.2 Å². The zero-order chi connectivity index (χ0) is 23.0. The molecule has 0 N–H and O–H groups in total. The Balaban J connectivity index is 1.95. The lowest BCUT2D eigenvalue weighted by molar-refractivity contribution is 0.0824. The summed E-state index contributed by atoms with van der Waals surface area (Å²) in [5.74, 6) is -0.611. The number of pyridine rings is 1. The highest BCUT2D eigenvalue weighted by Crippen LogP contribution is 2.32. The van der Waals surface area contributed by atoms with Gasteiger partial charge in [0.05, 0.1) is 12.8 Å². The zero-order valence-electron chi connectivity index (χ0n) is 18.5. The predicted molar refractivity (Wildman–Crippen MR) is 123 cm³/mol. The summed E-state index contributed by atoms with van der Waals surface area (Å²) in [6.07, 6.45) is 3.18. The predicted octanol–water partition coefficient (Wildman–Crippen LogP) is 3.75. The molecule has 1 atom stereocenters. The Morgan fingerprint density at radius 1 is 1.38 bits per heavy atom. The summed E-state index contributed by atoms with van der Waals surface area (Å²) >= 11 is 6.60. The normalized spacial score (nSPS) is 17.1. The molecular weight excluding hydrogens is 455 g/mol. The number of aromatic nitrogens is 3. The summed E-state index contributed by atoms with van der Waals surface area (Å²) in [5.41, 5.74) is -0.0829. The van der Waals surface area contributed by atoms with Gasteiger partial charge in [0.2, 0.25) is 5.88 Å². The van der Waals surface area contributed by atoms with Crippen LogP contribution < -0.4 is 15.9 Å². The summed E-state index contributed by atoms with van der Waals surface area (Å²) in [6.45, 7) is 9.46. The van der Waals surface area contributed by atoms with E-state index >= 15 is 0 Å². The van der Waals surface area contributed by atoms with Crippen LogP contribution in [0.3, 0.4) is 0 Å². The van der Waals surface area contributed by atoms with Crippen molar-refractivity contribution in [3.8, 4) is 5.88 Å². The van der Waals surface area contributed by atoms with Gasteiger partial charge in [-0.2, -0.15) is 4.98 Å². The molecule has 32 heavy (non-hydrogen) atoms. The molecule has 5 rings (SSSR count). The molecule has 0 aromatic carbocycles. The SMILES string of the molecule is C[C@@H]1CCOC=CN=c2c3c4cc(F)c(nc(c4Cl)O1)n3c(=O)n2COCC[Si](C)(C)C. The van der Waals surface area contributed by atoms with Gasteiger partial charge in [-0.05, 0) is 19.0 Å². The molecule has 0 amide bonds. The van der Waals surface area contributed by atoms with Crippen LogP contribution >= 0.6 is 11.6 Å². The molecule has 11 heteroatoms. The highest BCUT2D eigenvalue weighted by Gasteiger charge is 2.24. The minimum Gasteiger partial charge on any atom is -0.499 e. The van der Waals surface area contributed by atoms with Gasteiger partial charge in [-0.25, -0.2) is 18.6 Å². The van der Waals surface area contributed by atoms with E-state index in [9.17, 15) is 9.18 Å². The van der Waals surface area contributed by atoms with Crippen LogP contribution in [0.15, 0.2) is 28.3 Å². The molecular formula is C21H26ClFN4O4Si. The van der Waals surface area contributed by atoms with E-state index < -0.39 is 19.6 Å². The highest BCUT2D eigenvalue weighted by molar-refractivity contribution is 6.76. The summed E-state index contributed by atoms with van der Waals surface area (Å²) in [6, 6.07) is 2.20. The summed E-state index contributed by atoms with van der Waals surface area (Å²) in [7, 11) is -1.30. The molecule has 0 aliphatic carbocycles. The molecule has 0 fully saturated rings. The average Bonchev–Trinajstić information content (AvgIpc) is 2.85. The van der Waals surface area contributed by atoms with Crippen LogP contribution in [0.25, 0.3) is 16.6 Å². The second-order valence-electron chi connectivity index (χ2n) is 9.03. The number of rotatable bonds is 5. The van der Waals surface area contributed by atoms with Gasteiger partial charge in [-0.1, -0.05) is 31.2 Å². The van der Waals surface area contributed by atoms with Crippen LogP contribution in [-0.2, 0) is 16.2 Å². The van der Waals surface area contributed by atoms with Crippen LogP contribution in [0.2, 0.25) is 30.7 Å². The Morgan fingerprint density at radius 3 is 2.91 bits per heavy atom. The van der Waals surface area contributed by atoms with Gasteiger partial charge in [0, 0.05) is 26.5 Å². The molecule has 8 nitrogen and oxygen atoms in total. The Kier molecular flexibility index (Phi) is 6.28. The lowest BCUT2D eigenvalue weighted by Gasteiger charge is -2.15. The molecule has 5 heterocycles. The number of hydrogen-bond donors (Lipinski definition) is 0. The van der Waals surface area contributed by atoms with Gasteiger partial charge in [-0.3, -0.25) is 4.57 Å². The van der Waals surface area contributed by atoms with Crippen LogP contribution in [0.5, 0.6) is 5.88 Å². The summed E-state index contributed by atoms with van der Waals surface area (Å²) < 4.78 is 34.6. The van der Waals surface area contributed by atoms with Crippen molar-refractivity contribution in [3.63, 3.8) is 0 Å². The van der Waals surface area contributed by atoms with Crippen molar-refractivity contribution in [3.05, 3.63) is 45.3 Å². The molecule has 1 aliphatic heterocycles. The second kappa shape index (κ2) is 8.84. The first-order valence-electron chi connectivity index (χ1n) is 10.5. The first kappa shape index (κ1) is 22.7. The van der Waals surface area contributed by atoms with Gasteiger partial charge in [0.1, 0.15) is 29.6 Å². The number of nitrogens with zero attached hydrogens (tertiary/aromatic N) is 4. The molecule has 4 aromatic heterocycles. The van der Waals surface area contributed by atoms with Gasteiger partial charge in [0.15, 0.2) is 17.0 Å². The van der Waals surface area contributed by atoms with E-state index in [1.54, 1.807) is 0 Å². The van der Waals surface area contributed by atoms with Crippen LogP contribution in [0.1, 0.15) is 13.3 Å². The highest BCUT2D eigenvalue weighted by atomic mass is 35.5. The van der Waals surface area contributed by atoms with Crippen LogP contribution in [0, 0.1) is 5.82 Å². The fourth-order valence-electron chi connectivity index (χ4n) is 3.42. The fourth-order valence-corrected chi connectivity index (χ4v) is 4.41. The van der Waals surface area contributed by atoms with E-state index in [1.165, 1.54) is 27.5 Å². The first-order chi connectivity index (χ1) is 15.2. The lowest BCUT2D eigenvalue weighted by Crippen LogP contribution is -2.30. The molecule has 0 saturated heterocycles. The fraction of sp³-hybridized carbons (Fsp3) is 0.476. The molecule has 1 aliphatic rings. The van der Waals surface area contributed by atoms with Crippen molar-refractivity contribution in [1.82, 2.24) is 14.0 Å². The maximum Gasteiger partial charge on any atom is 0.338 e.